The Morgan fingerprint density at radius 3 is 2.37 bits per heavy atom. The highest BCUT2D eigenvalue weighted by Crippen LogP contribution is 2.35. The maximum Gasteiger partial charge on any atom is 0.341 e. The van der Waals surface area contributed by atoms with E-state index in [1.807, 2.05) is 0 Å². The number of carbonyl (C=O) groups excluding carboxylic acids is 3. The Morgan fingerprint density at radius 2 is 1.77 bits per heavy atom. The lowest BCUT2D eigenvalue weighted by Crippen LogP contribution is -2.36. The van der Waals surface area contributed by atoms with Crippen molar-refractivity contribution in [3.63, 3.8) is 0 Å². The number of amides is 2. The summed E-state index contributed by atoms with van der Waals surface area (Å²) in [5.41, 5.74) is 0.340. The molecule has 0 aromatic heterocycles. The van der Waals surface area contributed by atoms with E-state index in [2.05, 4.69) is 17.2 Å². The van der Waals surface area contributed by atoms with Crippen LogP contribution in [0.25, 0.3) is 0 Å². The Balaban J connectivity index is 2.26. The molecule has 0 spiro atoms. The molecular formula is C22H30N2O6. The topological polar surface area (TPSA) is 103 Å². The molecule has 0 bridgehead atoms. The predicted octanol–water partition coefficient (Wildman–Crippen LogP) is 3.07. The number of hydrogen-bond acceptors (Lipinski definition) is 6. The molecule has 1 aliphatic carbocycles. The van der Waals surface area contributed by atoms with E-state index in [-0.39, 0.29) is 29.6 Å². The average Bonchev–Trinajstić information content (AvgIpc) is 2.77. The van der Waals surface area contributed by atoms with Gasteiger partial charge in [0.1, 0.15) is 0 Å². The van der Waals surface area contributed by atoms with E-state index in [0.29, 0.717) is 11.5 Å². The third-order valence-electron chi connectivity index (χ3n) is 5.05. The molecule has 1 saturated carbocycles. The Bertz CT molecular complexity index is 786. The molecule has 30 heavy (non-hydrogen) atoms. The molecule has 0 aliphatic heterocycles. The molecule has 2 N–H and O–H groups in total. The van der Waals surface area contributed by atoms with Gasteiger partial charge in [0.25, 0.3) is 5.91 Å². The van der Waals surface area contributed by atoms with Crippen LogP contribution in [0.3, 0.4) is 0 Å². The van der Waals surface area contributed by atoms with Gasteiger partial charge in [0, 0.05) is 24.6 Å². The SMILES string of the molecule is C=CCNC(=O)[C@H](C)OC(=O)c1cc(OC)c(OC)cc1NC(=O)C1CCCCC1. The van der Waals surface area contributed by atoms with Crippen LogP contribution >= 0.6 is 0 Å². The molecule has 1 aromatic rings. The highest BCUT2D eigenvalue weighted by Gasteiger charge is 2.26. The van der Waals surface area contributed by atoms with Gasteiger partial charge in [-0.1, -0.05) is 25.3 Å². The van der Waals surface area contributed by atoms with Crippen molar-refractivity contribution in [1.29, 1.82) is 0 Å². The third kappa shape index (κ3) is 5.98. The normalized spacial score (nSPS) is 14.9. The molecule has 1 aromatic carbocycles. The minimum Gasteiger partial charge on any atom is -0.493 e. The van der Waals surface area contributed by atoms with Crippen molar-refractivity contribution in [2.75, 3.05) is 26.1 Å². The van der Waals surface area contributed by atoms with E-state index in [0.717, 1.165) is 32.1 Å². The first kappa shape index (κ1) is 23.3. The Morgan fingerprint density at radius 1 is 1.13 bits per heavy atom. The number of nitrogens with one attached hydrogen (secondary N) is 2. The zero-order valence-electron chi connectivity index (χ0n) is 17.8. The van der Waals surface area contributed by atoms with Gasteiger partial charge in [-0.3, -0.25) is 9.59 Å². The number of esters is 1. The van der Waals surface area contributed by atoms with Gasteiger partial charge >= 0.3 is 5.97 Å². The van der Waals surface area contributed by atoms with Gasteiger partial charge in [0.15, 0.2) is 17.6 Å². The van der Waals surface area contributed by atoms with Gasteiger partial charge < -0.3 is 24.8 Å². The molecule has 2 rings (SSSR count). The van der Waals surface area contributed by atoms with Crippen molar-refractivity contribution >= 4 is 23.5 Å². The third-order valence-corrected chi connectivity index (χ3v) is 5.05. The molecule has 0 heterocycles. The molecule has 0 unspecified atom stereocenters. The first-order valence-corrected chi connectivity index (χ1v) is 10.1. The van der Waals surface area contributed by atoms with Crippen molar-refractivity contribution in [2.24, 2.45) is 5.92 Å². The number of rotatable bonds is 9. The summed E-state index contributed by atoms with van der Waals surface area (Å²) < 4.78 is 15.9. The van der Waals surface area contributed by atoms with Gasteiger partial charge in [0.2, 0.25) is 5.91 Å². The fourth-order valence-corrected chi connectivity index (χ4v) is 3.34. The molecule has 164 valence electrons. The summed E-state index contributed by atoms with van der Waals surface area (Å²) in [6.45, 7) is 5.26. The smallest absolute Gasteiger partial charge is 0.341 e. The summed E-state index contributed by atoms with van der Waals surface area (Å²) in [6, 6.07) is 2.96. The summed E-state index contributed by atoms with van der Waals surface area (Å²) in [5.74, 6) is -0.770. The molecule has 2 amide bonds. The zero-order valence-corrected chi connectivity index (χ0v) is 17.8. The number of anilines is 1. The maximum atomic E-state index is 12.8. The molecule has 0 radical (unpaired) electrons. The predicted molar refractivity (Wildman–Crippen MR) is 113 cm³/mol. The summed E-state index contributed by atoms with van der Waals surface area (Å²) in [5, 5.41) is 5.41. The van der Waals surface area contributed by atoms with E-state index in [1.165, 1.54) is 39.4 Å². The summed E-state index contributed by atoms with van der Waals surface area (Å²) >= 11 is 0. The van der Waals surface area contributed by atoms with Crippen LogP contribution in [-0.4, -0.2) is 44.7 Å². The van der Waals surface area contributed by atoms with Crippen LogP contribution in [0.4, 0.5) is 5.69 Å². The number of ether oxygens (including phenoxy) is 3. The molecule has 1 atom stereocenters. The average molecular weight is 418 g/mol. The van der Waals surface area contributed by atoms with E-state index >= 15 is 0 Å². The monoisotopic (exact) mass is 418 g/mol. The van der Waals surface area contributed by atoms with E-state index in [4.69, 9.17) is 14.2 Å². The zero-order chi connectivity index (χ0) is 22.1. The van der Waals surface area contributed by atoms with Crippen molar-refractivity contribution in [3.05, 3.63) is 30.4 Å². The van der Waals surface area contributed by atoms with Gasteiger partial charge in [-0.2, -0.15) is 0 Å². The molecule has 0 saturated heterocycles. The van der Waals surface area contributed by atoms with E-state index < -0.39 is 18.0 Å². The molecular weight excluding hydrogens is 388 g/mol. The van der Waals surface area contributed by atoms with Gasteiger partial charge in [-0.15, -0.1) is 6.58 Å². The van der Waals surface area contributed by atoms with Crippen LogP contribution in [0.5, 0.6) is 11.5 Å². The number of carbonyl (C=O) groups is 3. The van der Waals surface area contributed by atoms with E-state index in [1.54, 1.807) is 0 Å². The lowest BCUT2D eigenvalue weighted by atomic mass is 9.88. The Kier molecular flexibility index (Phi) is 8.70. The largest absolute Gasteiger partial charge is 0.493 e. The lowest BCUT2D eigenvalue weighted by molar-refractivity contribution is -0.128. The second kappa shape index (κ2) is 11.2. The number of methoxy groups -OCH3 is 2. The van der Waals surface area contributed by atoms with Crippen molar-refractivity contribution in [3.8, 4) is 11.5 Å². The number of hydrogen-bond donors (Lipinski definition) is 2. The van der Waals surface area contributed by atoms with Gasteiger partial charge in [0.05, 0.1) is 25.5 Å². The second-order valence-corrected chi connectivity index (χ2v) is 7.16. The second-order valence-electron chi connectivity index (χ2n) is 7.16. The summed E-state index contributed by atoms with van der Waals surface area (Å²) in [4.78, 5) is 37.6. The molecule has 8 nitrogen and oxygen atoms in total. The van der Waals surface area contributed by atoms with Crippen LogP contribution in [0, 0.1) is 5.92 Å². The highest BCUT2D eigenvalue weighted by atomic mass is 16.5. The van der Waals surface area contributed by atoms with Crippen LogP contribution in [0.15, 0.2) is 24.8 Å². The molecule has 1 aliphatic rings. The minimum absolute atomic E-state index is 0.0835. The van der Waals surface area contributed by atoms with Gasteiger partial charge in [-0.25, -0.2) is 4.79 Å². The van der Waals surface area contributed by atoms with Gasteiger partial charge in [-0.05, 0) is 19.8 Å². The molecule has 1 fully saturated rings. The van der Waals surface area contributed by atoms with Crippen LogP contribution < -0.4 is 20.1 Å². The molecule has 8 heteroatoms. The fourth-order valence-electron chi connectivity index (χ4n) is 3.34. The number of benzene rings is 1. The highest BCUT2D eigenvalue weighted by molar-refractivity contribution is 6.03. The Hall–Kier alpha value is -3.03. The maximum absolute atomic E-state index is 12.8. The summed E-state index contributed by atoms with van der Waals surface area (Å²) in [6.07, 6.45) is 5.29. The Labute approximate surface area is 176 Å². The fraction of sp³-hybridized carbons (Fsp3) is 0.500. The quantitative estimate of drug-likeness (QED) is 0.472. The van der Waals surface area contributed by atoms with Crippen molar-refractivity contribution in [1.82, 2.24) is 5.32 Å². The summed E-state index contributed by atoms with van der Waals surface area (Å²) in [7, 11) is 2.91. The van der Waals surface area contributed by atoms with E-state index in [9.17, 15) is 14.4 Å². The van der Waals surface area contributed by atoms with Crippen LogP contribution in [0.2, 0.25) is 0 Å². The standard InChI is InChI=1S/C22H30N2O6/c1-5-11-23-20(25)14(2)30-22(27)16-12-18(28-3)19(29-4)13-17(16)24-21(26)15-9-7-6-8-10-15/h5,12-15H,1,6-11H2,2-4H3,(H,23,25)(H,24,26)/t14-/m0/s1. The van der Waals surface area contributed by atoms with Crippen LogP contribution in [0.1, 0.15) is 49.4 Å². The first-order valence-electron chi connectivity index (χ1n) is 10.1. The van der Waals surface area contributed by atoms with Crippen molar-refractivity contribution < 1.29 is 28.6 Å². The minimum atomic E-state index is -1.02. The van der Waals surface area contributed by atoms with Crippen LogP contribution in [-0.2, 0) is 14.3 Å². The first-order chi connectivity index (χ1) is 14.4. The lowest BCUT2D eigenvalue weighted by Gasteiger charge is -2.22. The van der Waals surface area contributed by atoms with Crippen molar-refractivity contribution in [2.45, 2.75) is 45.1 Å².